The number of methoxy groups -OCH3 is 1. The van der Waals surface area contributed by atoms with Crippen LogP contribution in [0.5, 0.6) is 0 Å². The number of carbonyl (C=O) groups is 1. The number of esters is 1. The van der Waals surface area contributed by atoms with Gasteiger partial charge >= 0.3 is 5.97 Å². The van der Waals surface area contributed by atoms with Crippen LogP contribution in [0.1, 0.15) is 36.4 Å². The number of allylic oxidation sites excluding steroid dienone is 1. The number of hydrogen-bond acceptors (Lipinski definition) is 3. The predicted molar refractivity (Wildman–Crippen MR) is 107 cm³/mol. The molecule has 3 heteroatoms. The molecule has 0 aromatic heterocycles. The Balaban J connectivity index is 1.67. The van der Waals surface area contributed by atoms with Gasteiger partial charge in [-0.2, -0.15) is 0 Å². The fourth-order valence-electron chi connectivity index (χ4n) is 4.91. The number of rotatable bonds is 4. The summed E-state index contributed by atoms with van der Waals surface area (Å²) < 4.78 is 5.13. The Labute approximate surface area is 161 Å². The molecular weight excluding hydrogens is 334 g/mol. The van der Waals surface area contributed by atoms with E-state index in [-0.39, 0.29) is 23.3 Å². The summed E-state index contributed by atoms with van der Waals surface area (Å²) in [6, 6.07) is 21.6. The first-order chi connectivity index (χ1) is 13.2. The molecule has 2 aromatic carbocycles. The van der Waals surface area contributed by atoms with Crippen molar-refractivity contribution < 1.29 is 9.53 Å². The first-order valence-corrected chi connectivity index (χ1v) is 9.82. The van der Waals surface area contributed by atoms with Gasteiger partial charge < -0.3 is 4.74 Å². The second kappa shape index (κ2) is 7.69. The van der Waals surface area contributed by atoms with Crippen molar-refractivity contribution >= 4 is 5.97 Å². The molecule has 0 saturated carbocycles. The molecule has 0 N–H and O–H groups in total. The standard InChI is InChI=1S/C24H27NO2/c1-27-23(26)21-14-8-9-15-24(21)16-17-25(18-24)22(19-10-4-2-5-11-19)20-12-6-3-7-13-20/h2-8,10-14,21-22H,9,15-18H2,1H3/t21-,24-/m0/s1. The van der Waals surface area contributed by atoms with Gasteiger partial charge in [0.2, 0.25) is 0 Å². The molecule has 1 aliphatic carbocycles. The van der Waals surface area contributed by atoms with E-state index in [1.54, 1.807) is 0 Å². The normalized spacial score (nSPS) is 25.2. The third-order valence-corrected chi connectivity index (χ3v) is 6.26. The van der Waals surface area contributed by atoms with Crippen molar-refractivity contribution in [2.24, 2.45) is 11.3 Å². The molecule has 0 amide bonds. The molecule has 3 nitrogen and oxygen atoms in total. The molecule has 2 atom stereocenters. The average molecular weight is 361 g/mol. The zero-order valence-electron chi connectivity index (χ0n) is 15.9. The summed E-state index contributed by atoms with van der Waals surface area (Å²) in [5.41, 5.74) is 2.60. The molecule has 1 saturated heterocycles. The third kappa shape index (κ3) is 3.44. The Morgan fingerprint density at radius 2 is 1.67 bits per heavy atom. The van der Waals surface area contributed by atoms with Crippen LogP contribution >= 0.6 is 0 Å². The highest BCUT2D eigenvalue weighted by Gasteiger charge is 2.49. The zero-order chi connectivity index (χ0) is 18.7. The number of likely N-dealkylation sites (tertiary alicyclic amines) is 1. The molecule has 0 bridgehead atoms. The van der Waals surface area contributed by atoms with Gasteiger partial charge in [0.05, 0.1) is 19.1 Å². The summed E-state index contributed by atoms with van der Waals surface area (Å²) in [6.45, 7) is 1.92. The van der Waals surface area contributed by atoms with Gasteiger partial charge in [-0.05, 0) is 36.9 Å². The molecule has 1 heterocycles. The molecule has 2 aromatic rings. The van der Waals surface area contributed by atoms with Crippen molar-refractivity contribution in [2.45, 2.75) is 25.3 Å². The molecule has 4 rings (SSSR count). The summed E-state index contributed by atoms with van der Waals surface area (Å²) in [6.07, 6.45) is 7.35. The number of nitrogens with zero attached hydrogens (tertiary/aromatic N) is 1. The molecule has 1 fully saturated rings. The third-order valence-electron chi connectivity index (χ3n) is 6.26. The topological polar surface area (TPSA) is 29.5 Å². The van der Waals surface area contributed by atoms with Crippen molar-refractivity contribution in [3.63, 3.8) is 0 Å². The van der Waals surface area contributed by atoms with Gasteiger partial charge in [-0.15, -0.1) is 0 Å². The summed E-state index contributed by atoms with van der Waals surface area (Å²) in [5.74, 6) is -0.225. The minimum Gasteiger partial charge on any atom is -0.469 e. The summed E-state index contributed by atoms with van der Waals surface area (Å²) in [5, 5.41) is 0. The van der Waals surface area contributed by atoms with Gasteiger partial charge in [0.1, 0.15) is 0 Å². The lowest BCUT2D eigenvalue weighted by Gasteiger charge is -2.38. The van der Waals surface area contributed by atoms with Crippen molar-refractivity contribution in [3.8, 4) is 0 Å². The van der Waals surface area contributed by atoms with E-state index in [4.69, 9.17) is 4.74 Å². The molecule has 27 heavy (non-hydrogen) atoms. The van der Waals surface area contributed by atoms with E-state index < -0.39 is 0 Å². The van der Waals surface area contributed by atoms with Crippen LogP contribution in [0.25, 0.3) is 0 Å². The van der Waals surface area contributed by atoms with E-state index in [0.717, 1.165) is 32.4 Å². The van der Waals surface area contributed by atoms with Gasteiger partial charge in [-0.1, -0.05) is 72.8 Å². The maximum atomic E-state index is 12.5. The number of hydrogen-bond donors (Lipinski definition) is 0. The van der Waals surface area contributed by atoms with Crippen LogP contribution in [0.3, 0.4) is 0 Å². The molecule has 1 spiro atoms. The number of ether oxygens (including phenoxy) is 1. The Morgan fingerprint density at radius 3 is 2.26 bits per heavy atom. The van der Waals surface area contributed by atoms with Crippen LogP contribution in [0.2, 0.25) is 0 Å². The SMILES string of the molecule is COC(=O)[C@@H]1C=CCC[C@@]12CCN(C(c1ccccc1)c1ccccc1)C2. The van der Waals surface area contributed by atoms with E-state index in [1.165, 1.54) is 18.2 Å². The molecular formula is C24H27NO2. The quantitative estimate of drug-likeness (QED) is 0.588. The van der Waals surface area contributed by atoms with E-state index in [1.807, 2.05) is 0 Å². The first kappa shape index (κ1) is 18.0. The van der Waals surface area contributed by atoms with Crippen LogP contribution in [-0.2, 0) is 9.53 Å². The smallest absolute Gasteiger partial charge is 0.313 e. The lowest BCUT2D eigenvalue weighted by Crippen LogP contribution is -2.40. The van der Waals surface area contributed by atoms with Gasteiger partial charge in [0.15, 0.2) is 0 Å². The summed E-state index contributed by atoms with van der Waals surface area (Å²) in [7, 11) is 1.50. The van der Waals surface area contributed by atoms with E-state index in [0.29, 0.717) is 0 Å². The lowest BCUT2D eigenvalue weighted by molar-refractivity contribution is -0.148. The van der Waals surface area contributed by atoms with Crippen molar-refractivity contribution in [1.29, 1.82) is 0 Å². The fraction of sp³-hybridized carbons (Fsp3) is 0.375. The highest BCUT2D eigenvalue weighted by molar-refractivity contribution is 5.75. The van der Waals surface area contributed by atoms with Gasteiger partial charge in [0, 0.05) is 12.0 Å². The van der Waals surface area contributed by atoms with E-state index >= 15 is 0 Å². The molecule has 1 aliphatic heterocycles. The largest absolute Gasteiger partial charge is 0.469 e. The highest BCUT2D eigenvalue weighted by Crippen LogP contribution is 2.48. The van der Waals surface area contributed by atoms with Crippen LogP contribution in [0.4, 0.5) is 0 Å². The monoisotopic (exact) mass is 361 g/mol. The Morgan fingerprint density at radius 1 is 1.04 bits per heavy atom. The highest BCUT2D eigenvalue weighted by atomic mass is 16.5. The maximum absolute atomic E-state index is 12.5. The van der Waals surface area contributed by atoms with Crippen LogP contribution < -0.4 is 0 Å². The Hall–Kier alpha value is -2.39. The van der Waals surface area contributed by atoms with Gasteiger partial charge in [0.25, 0.3) is 0 Å². The minimum atomic E-state index is -0.131. The van der Waals surface area contributed by atoms with Crippen LogP contribution in [-0.4, -0.2) is 31.1 Å². The molecule has 2 aliphatic rings. The van der Waals surface area contributed by atoms with Gasteiger partial charge in [-0.25, -0.2) is 0 Å². The summed E-state index contributed by atoms with van der Waals surface area (Å²) in [4.78, 5) is 15.0. The van der Waals surface area contributed by atoms with Crippen molar-refractivity contribution in [1.82, 2.24) is 4.90 Å². The second-order valence-electron chi connectivity index (χ2n) is 7.77. The van der Waals surface area contributed by atoms with Crippen molar-refractivity contribution in [3.05, 3.63) is 83.9 Å². The average Bonchev–Trinajstić information content (AvgIpc) is 3.13. The molecule has 140 valence electrons. The summed E-state index contributed by atoms with van der Waals surface area (Å²) >= 11 is 0. The van der Waals surface area contributed by atoms with Crippen molar-refractivity contribution in [2.75, 3.05) is 20.2 Å². The van der Waals surface area contributed by atoms with Gasteiger partial charge in [-0.3, -0.25) is 9.69 Å². The van der Waals surface area contributed by atoms with Crippen LogP contribution in [0.15, 0.2) is 72.8 Å². The molecule has 0 unspecified atom stereocenters. The lowest BCUT2D eigenvalue weighted by atomic mass is 9.68. The first-order valence-electron chi connectivity index (χ1n) is 9.82. The number of benzene rings is 2. The van der Waals surface area contributed by atoms with E-state index in [9.17, 15) is 4.79 Å². The molecule has 0 radical (unpaired) electrons. The minimum absolute atomic E-state index is 0.0103. The second-order valence-corrected chi connectivity index (χ2v) is 7.77. The maximum Gasteiger partial charge on any atom is 0.313 e. The zero-order valence-corrected chi connectivity index (χ0v) is 15.9. The van der Waals surface area contributed by atoms with Crippen LogP contribution in [0, 0.1) is 11.3 Å². The Kier molecular flexibility index (Phi) is 5.13. The Bertz CT molecular complexity index is 762. The fourth-order valence-corrected chi connectivity index (χ4v) is 4.91. The van der Waals surface area contributed by atoms with E-state index in [2.05, 4.69) is 77.7 Å². The predicted octanol–water partition coefficient (Wildman–Crippen LogP) is 4.61. The number of carbonyl (C=O) groups excluding carboxylic acids is 1.